The fraction of sp³-hybridized carbons (Fsp3) is 0.417. The van der Waals surface area contributed by atoms with E-state index < -0.39 is 0 Å². The minimum Gasteiger partial charge on any atom is -0.369 e. The minimum absolute atomic E-state index is 0.403. The Labute approximate surface area is 100 Å². The molecule has 0 saturated carbocycles. The van der Waals surface area contributed by atoms with Gasteiger partial charge in [0.1, 0.15) is 0 Å². The van der Waals surface area contributed by atoms with Crippen LogP contribution in [0.3, 0.4) is 0 Å². The molecule has 1 aromatic carbocycles. The Morgan fingerprint density at radius 2 is 2.19 bits per heavy atom. The summed E-state index contributed by atoms with van der Waals surface area (Å²) in [5, 5.41) is 0. The third kappa shape index (κ3) is 2.02. The van der Waals surface area contributed by atoms with E-state index in [-0.39, 0.29) is 0 Å². The number of imidazole rings is 1. The monoisotopic (exact) mass is 235 g/mol. The van der Waals surface area contributed by atoms with Crippen LogP contribution in [0.15, 0.2) is 24.3 Å². The second-order valence-electron chi connectivity index (χ2n) is 3.96. The van der Waals surface area contributed by atoms with Gasteiger partial charge in [-0.2, -0.15) is 11.8 Å². The molecule has 1 unspecified atom stereocenters. The average Bonchev–Trinajstić information content (AvgIpc) is 2.62. The quantitative estimate of drug-likeness (QED) is 0.886. The average molecular weight is 235 g/mol. The van der Waals surface area contributed by atoms with Crippen molar-refractivity contribution in [1.29, 1.82) is 0 Å². The summed E-state index contributed by atoms with van der Waals surface area (Å²) in [6.45, 7) is 2.20. The summed E-state index contributed by atoms with van der Waals surface area (Å²) < 4.78 is 2.13. The molecule has 86 valence electrons. The van der Waals surface area contributed by atoms with Gasteiger partial charge in [0.15, 0.2) is 0 Å². The Hall–Kier alpha value is -1.16. The third-order valence-corrected chi connectivity index (χ3v) is 3.45. The molecule has 0 aliphatic heterocycles. The van der Waals surface area contributed by atoms with E-state index in [0.29, 0.717) is 12.0 Å². The van der Waals surface area contributed by atoms with Crippen LogP contribution in [-0.2, 0) is 0 Å². The number of nitrogens with zero attached hydrogens (tertiary/aromatic N) is 2. The van der Waals surface area contributed by atoms with Crippen LogP contribution in [0.2, 0.25) is 0 Å². The van der Waals surface area contributed by atoms with E-state index in [9.17, 15) is 0 Å². The normalized spacial score (nSPS) is 13.1. The first kappa shape index (κ1) is 11.3. The first-order valence-electron chi connectivity index (χ1n) is 5.45. The van der Waals surface area contributed by atoms with E-state index in [0.717, 1.165) is 23.2 Å². The number of hydrogen-bond donors (Lipinski definition) is 1. The molecule has 0 saturated heterocycles. The van der Waals surface area contributed by atoms with Crippen molar-refractivity contribution < 1.29 is 0 Å². The number of para-hydroxylation sites is 2. The lowest BCUT2D eigenvalue weighted by Crippen LogP contribution is -2.09. The van der Waals surface area contributed by atoms with E-state index in [1.54, 1.807) is 0 Å². The summed E-state index contributed by atoms with van der Waals surface area (Å²) in [6.07, 6.45) is 3.24. The zero-order chi connectivity index (χ0) is 11.5. The maximum Gasteiger partial charge on any atom is 0.201 e. The first-order valence-corrected chi connectivity index (χ1v) is 6.85. The number of aromatic nitrogens is 2. The van der Waals surface area contributed by atoms with Crippen molar-refractivity contribution in [3.8, 4) is 0 Å². The molecular formula is C12H17N3S. The molecule has 0 amide bonds. The van der Waals surface area contributed by atoms with Crippen LogP contribution in [0.4, 0.5) is 5.95 Å². The van der Waals surface area contributed by atoms with E-state index in [1.807, 2.05) is 30.0 Å². The summed E-state index contributed by atoms with van der Waals surface area (Å²) >= 11 is 1.86. The lowest BCUT2D eigenvalue weighted by molar-refractivity contribution is 0.556. The summed E-state index contributed by atoms with van der Waals surface area (Å²) in [4.78, 5) is 4.38. The predicted octanol–water partition coefficient (Wildman–Crippen LogP) is 2.93. The smallest absolute Gasteiger partial charge is 0.201 e. The molecule has 1 heterocycles. The molecule has 16 heavy (non-hydrogen) atoms. The number of benzene rings is 1. The second-order valence-corrected chi connectivity index (χ2v) is 4.94. The van der Waals surface area contributed by atoms with Crippen LogP contribution in [0.5, 0.6) is 0 Å². The van der Waals surface area contributed by atoms with Gasteiger partial charge >= 0.3 is 0 Å². The SMILES string of the molecule is CSCCC(C)n1c(N)nc2ccccc21. The van der Waals surface area contributed by atoms with Gasteiger partial charge in [0, 0.05) is 6.04 Å². The molecule has 0 radical (unpaired) electrons. The fourth-order valence-electron chi connectivity index (χ4n) is 1.94. The van der Waals surface area contributed by atoms with Crippen LogP contribution >= 0.6 is 11.8 Å². The van der Waals surface area contributed by atoms with Gasteiger partial charge in [-0.05, 0) is 37.5 Å². The van der Waals surface area contributed by atoms with Gasteiger partial charge in [0.25, 0.3) is 0 Å². The molecule has 1 atom stereocenters. The zero-order valence-electron chi connectivity index (χ0n) is 9.68. The first-order chi connectivity index (χ1) is 7.74. The van der Waals surface area contributed by atoms with E-state index >= 15 is 0 Å². The number of hydrogen-bond acceptors (Lipinski definition) is 3. The van der Waals surface area contributed by atoms with Gasteiger partial charge in [-0.15, -0.1) is 0 Å². The Morgan fingerprint density at radius 1 is 1.44 bits per heavy atom. The Bertz CT molecular complexity index is 478. The number of rotatable bonds is 4. The molecule has 3 nitrogen and oxygen atoms in total. The standard InChI is InChI=1S/C12H17N3S/c1-9(7-8-16-2)15-11-6-4-3-5-10(11)14-12(15)13/h3-6,9H,7-8H2,1-2H3,(H2,13,14). The minimum atomic E-state index is 0.403. The van der Waals surface area contributed by atoms with Crippen molar-refractivity contribution in [1.82, 2.24) is 9.55 Å². The summed E-state index contributed by atoms with van der Waals surface area (Å²) in [5.41, 5.74) is 8.09. The van der Waals surface area contributed by atoms with E-state index in [4.69, 9.17) is 5.73 Å². The van der Waals surface area contributed by atoms with Gasteiger partial charge in [-0.1, -0.05) is 12.1 Å². The van der Waals surface area contributed by atoms with Crippen LogP contribution in [0.1, 0.15) is 19.4 Å². The highest BCUT2D eigenvalue weighted by molar-refractivity contribution is 7.98. The van der Waals surface area contributed by atoms with Crippen molar-refractivity contribution in [2.75, 3.05) is 17.7 Å². The molecule has 0 aliphatic carbocycles. The largest absolute Gasteiger partial charge is 0.369 e. The zero-order valence-corrected chi connectivity index (χ0v) is 10.5. The maximum atomic E-state index is 5.97. The molecular weight excluding hydrogens is 218 g/mol. The third-order valence-electron chi connectivity index (χ3n) is 2.80. The highest BCUT2D eigenvalue weighted by Gasteiger charge is 2.12. The lowest BCUT2D eigenvalue weighted by Gasteiger charge is -2.15. The molecule has 4 heteroatoms. The molecule has 2 rings (SSSR count). The van der Waals surface area contributed by atoms with Gasteiger partial charge in [0.05, 0.1) is 11.0 Å². The molecule has 2 aromatic rings. The molecule has 0 bridgehead atoms. The van der Waals surface area contributed by atoms with E-state index in [2.05, 4.69) is 28.8 Å². The number of anilines is 1. The number of thioether (sulfide) groups is 1. The molecule has 0 aliphatic rings. The lowest BCUT2D eigenvalue weighted by atomic mass is 10.2. The Balaban J connectivity index is 2.38. The Morgan fingerprint density at radius 3 is 2.94 bits per heavy atom. The van der Waals surface area contributed by atoms with Crippen molar-refractivity contribution in [3.63, 3.8) is 0 Å². The van der Waals surface area contributed by atoms with Crippen molar-refractivity contribution in [2.24, 2.45) is 0 Å². The van der Waals surface area contributed by atoms with Gasteiger partial charge < -0.3 is 10.3 Å². The summed E-state index contributed by atoms with van der Waals surface area (Å²) in [6, 6.07) is 8.50. The predicted molar refractivity (Wildman–Crippen MR) is 71.9 cm³/mol. The van der Waals surface area contributed by atoms with Crippen LogP contribution in [0.25, 0.3) is 11.0 Å². The van der Waals surface area contributed by atoms with Crippen LogP contribution in [0, 0.1) is 0 Å². The van der Waals surface area contributed by atoms with Crippen LogP contribution in [-0.4, -0.2) is 21.6 Å². The van der Waals surface area contributed by atoms with Crippen molar-refractivity contribution >= 4 is 28.7 Å². The molecule has 0 fully saturated rings. The highest BCUT2D eigenvalue weighted by atomic mass is 32.2. The summed E-state index contributed by atoms with van der Waals surface area (Å²) in [7, 11) is 0. The van der Waals surface area contributed by atoms with Gasteiger partial charge in [-0.3, -0.25) is 0 Å². The number of nitrogen functional groups attached to an aromatic ring is 1. The van der Waals surface area contributed by atoms with E-state index in [1.165, 1.54) is 0 Å². The summed E-state index contributed by atoms with van der Waals surface area (Å²) in [5.74, 6) is 1.77. The Kier molecular flexibility index (Phi) is 3.39. The number of fused-ring (bicyclic) bond motifs is 1. The molecule has 2 N–H and O–H groups in total. The highest BCUT2D eigenvalue weighted by Crippen LogP contribution is 2.24. The number of nitrogens with two attached hydrogens (primary N) is 1. The fourth-order valence-corrected chi connectivity index (χ4v) is 2.52. The topological polar surface area (TPSA) is 43.8 Å². The molecule has 0 spiro atoms. The van der Waals surface area contributed by atoms with Crippen molar-refractivity contribution in [3.05, 3.63) is 24.3 Å². The van der Waals surface area contributed by atoms with Gasteiger partial charge in [0.2, 0.25) is 5.95 Å². The second kappa shape index (κ2) is 4.78. The maximum absolute atomic E-state index is 5.97. The van der Waals surface area contributed by atoms with Crippen molar-refractivity contribution in [2.45, 2.75) is 19.4 Å². The molecule has 1 aromatic heterocycles. The van der Waals surface area contributed by atoms with Crippen LogP contribution < -0.4 is 5.73 Å². The van der Waals surface area contributed by atoms with Gasteiger partial charge in [-0.25, -0.2) is 4.98 Å².